The highest BCUT2D eigenvalue weighted by Crippen LogP contribution is 2.12. The summed E-state index contributed by atoms with van der Waals surface area (Å²) in [7, 11) is 0. The van der Waals surface area contributed by atoms with Crippen LogP contribution in [0.15, 0.2) is 36.5 Å². The number of alkyl halides is 1. The Bertz CT molecular complexity index is 921. The van der Waals surface area contributed by atoms with Crippen molar-refractivity contribution in [1.82, 2.24) is 0 Å². The first kappa shape index (κ1) is 33.8. The number of carbonyl (C=O) groups is 2. The molecule has 1 unspecified atom stereocenters. The minimum absolute atomic E-state index is 0.0692. The second-order valence-corrected chi connectivity index (χ2v) is 12.2. The molecule has 0 rings (SSSR count). The van der Waals surface area contributed by atoms with E-state index in [4.69, 9.17) is 27.9 Å². The second-order valence-electron chi connectivity index (χ2n) is 11.8. The zero-order valence-electron chi connectivity index (χ0n) is 33.4. The van der Waals surface area contributed by atoms with Gasteiger partial charge in [-0.3, -0.25) is 9.59 Å². The van der Waals surface area contributed by atoms with Gasteiger partial charge in [0.05, 0.1) is 6.85 Å². The molecular formula is C39H69ClO4. The van der Waals surface area contributed by atoms with E-state index in [1.807, 2.05) is 0 Å². The summed E-state index contributed by atoms with van der Waals surface area (Å²) in [4.78, 5) is 24.6. The summed E-state index contributed by atoms with van der Waals surface area (Å²) in [5.41, 5.74) is 0. The van der Waals surface area contributed by atoms with Crippen molar-refractivity contribution in [2.75, 3.05) is 13.1 Å². The Balaban J connectivity index is 4.13. The van der Waals surface area contributed by atoms with Crippen LogP contribution >= 0.6 is 11.6 Å². The first-order valence-corrected chi connectivity index (χ1v) is 18.4. The molecule has 0 fully saturated rings. The van der Waals surface area contributed by atoms with Gasteiger partial charge in [-0.05, 0) is 70.6 Å². The molecule has 0 aromatic carbocycles. The summed E-state index contributed by atoms with van der Waals surface area (Å²) in [6.07, 6.45) is 38.8. The molecule has 0 radical (unpaired) electrons. The predicted molar refractivity (Wildman–Crippen MR) is 190 cm³/mol. The molecule has 0 heterocycles. The van der Waals surface area contributed by atoms with E-state index in [1.165, 1.54) is 57.8 Å². The number of allylic oxidation sites excluding steroid dienone is 6. The molecule has 5 heteroatoms. The lowest BCUT2D eigenvalue weighted by molar-refractivity contribution is -0.146. The average molecular weight is 642 g/mol. The minimum atomic E-state index is -3.23. The van der Waals surface area contributed by atoms with Crippen molar-refractivity contribution in [3.05, 3.63) is 36.5 Å². The smallest absolute Gasteiger partial charge is 0.305 e. The number of ether oxygens (including phenoxy) is 2. The van der Waals surface area contributed by atoms with Crippen molar-refractivity contribution in [2.24, 2.45) is 0 Å². The fourth-order valence-electron chi connectivity index (χ4n) is 4.75. The highest BCUT2D eigenvalue weighted by Gasteiger charge is 2.12. The number of unbranched alkanes of at least 4 members (excludes halogenated alkanes) is 19. The Hall–Kier alpha value is -1.55. The zero-order chi connectivity index (χ0) is 36.7. The lowest BCUT2D eigenvalue weighted by Crippen LogP contribution is -2.21. The second kappa shape index (κ2) is 35.9. The van der Waals surface area contributed by atoms with Crippen molar-refractivity contribution >= 4 is 23.5 Å². The van der Waals surface area contributed by atoms with E-state index in [9.17, 15) is 9.59 Å². The van der Waals surface area contributed by atoms with Gasteiger partial charge in [0.15, 0.2) is 0 Å². The van der Waals surface area contributed by atoms with Crippen LogP contribution in [0.25, 0.3) is 0 Å². The maximum atomic E-state index is 12.3. The zero-order valence-corrected chi connectivity index (χ0v) is 29.1. The summed E-state index contributed by atoms with van der Waals surface area (Å²) < 4.78 is 49.9. The van der Waals surface area contributed by atoms with Crippen molar-refractivity contribution in [3.8, 4) is 0 Å². The van der Waals surface area contributed by atoms with Gasteiger partial charge in [0.2, 0.25) is 0 Å². The van der Waals surface area contributed by atoms with Gasteiger partial charge in [0.25, 0.3) is 0 Å². The highest BCUT2D eigenvalue weighted by atomic mass is 35.5. The quantitative estimate of drug-likeness (QED) is 0.0309. The van der Waals surface area contributed by atoms with Crippen LogP contribution in [0.4, 0.5) is 0 Å². The van der Waals surface area contributed by atoms with Crippen LogP contribution in [0.2, 0.25) is 0 Å². The topological polar surface area (TPSA) is 52.6 Å². The van der Waals surface area contributed by atoms with E-state index >= 15 is 0 Å². The summed E-state index contributed by atoms with van der Waals surface area (Å²) in [5.74, 6) is -1.82. The molecule has 0 amide bonds. The maximum Gasteiger partial charge on any atom is 0.305 e. The number of carbonyl (C=O) groups excluding carboxylic acids is 2. The molecule has 1 atom stereocenters. The Morgan fingerprint density at radius 3 is 1.30 bits per heavy atom. The number of hydrogen-bond acceptors (Lipinski definition) is 4. The Morgan fingerprint density at radius 1 is 0.545 bits per heavy atom. The van der Waals surface area contributed by atoms with Gasteiger partial charge < -0.3 is 9.47 Å². The normalized spacial score (nSPS) is 15.6. The standard InChI is InChI=1S/C39H69ClO4/c1-3-5-7-9-11-13-15-17-19-21-23-25-27-29-31-33-38(41)43-35-37(40)36-44-39(42)34-32-30-28-26-24-22-20-18-16-14-12-10-8-6-4-2/h11,13,17-20,37H,3-10,12,14-16,21-36H2,1-2H3/b13-11-,19-17-,20-18-/i35D2,36D2,37D. The van der Waals surface area contributed by atoms with E-state index in [1.54, 1.807) is 0 Å². The van der Waals surface area contributed by atoms with Crippen molar-refractivity contribution in [2.45, 2.75) is 186 Å². The van der Waals surface area contributed by atoms with Crippen molar-refractivity contribution in [1.29, 1.82) is 0 Å². The van der Waals surface area contributed by atoms with Crippen molar-refractivity contribution < 1.29 is 25.9 Å². The molecule has 0 aromatic rings. The molecule has 44 heavy (non-hydrogen) atoms. The summed E-state index contributed by atoms with van der Waals surface area (Å²) in [6, 6.07) is 0. The van der Waals surface area contributed by atoms with E-state index < -0.39 is 30.4 Å². The van der Waals surface area contributed by atoms with Gasteiger partial charge in [0.1, 0.15) is 18.5 Å². The molecule has 0 aliphatic heterocycles. The van der Waals surface area contributed by atoms with Gasteiger partial charge in [-0.25, -0.2) is 0 Å². The molecule has 0 N–H and O–H groups in total. The largest absolute Gasteiger partial charge is 0.464 e. The van der Waals surface area contributed by atoms with Gasteiger partial charge >= 0.3 is 11.9 Å². The lowest BCUT2D eigenvalue weighted by Gasteiger charge is -2.11. The maximum absolute atomic E-state index is 12.3. The van der Waals surface area contributed by atoms with Crippen LogP contribution in [-0.4, -0.2) is 30.4 Å². The average Bonchev–Trinajstić information content (AvgIpc) is 3.04. The third-order valence-corrected chi connectivity index (χ3v) is 7.64. The molecule has 0 aromatic heterocycles. The van der Waals surface area contributed by atoms with E-state index in [0.29, 0.717) is 12.8 Å². The Kier molecular flexibility index (Phi) is 27.6. The molecular weight excluding hydrogens is 568 g/mol. The molecule has 0 bridgehead atoms. The fraction of sp³-hybridized carbons (Fsp3) is 0.795. The summed E-state index contributed by atoms with van der Waals surface area (Å²) >= 11 is 5.95. The first-order chi connectivity index (χ1) is 23.4. The first-order valence-electron chi connectivity index (χ1n) is 20.5. The predicted octanol–water partition coefficient (Wildman–Crippen LogP) is 12.5. The van der Waals surface area contributed by atoms with E-state index in [-0.39, 0.29) is 12.8 Å². The molecule has 0 aliphatic rings. The molecule has 256 valence electrons. The van der Waals surface area contributed by atoms with Crippen LogP contribution in [0.5, 0.6) is 0 Å². The molecule has 4 nitrogen and oxygen atoms in total. The Labute approximate surface area is 284 Å². The highest BCUT2D eigenvalue weighted by molar-refractivity contribution is 6.21. The number of esters is 2. The molecule has 0 aliphatic carbocycles. The van der Waals surface area contributed by atoms with Crippen LogP contribution in [0, 0.1) is 0 Å². The number of rotatable bonds is 33. The van der Waals surface area contributed by atoms with Gasteiger partial charge in [-0.1, -0.05) is 134 Å². The van der Waals surface area contributed by atoms with Crippen LogP contribution in [0.1, 0.15) is 188 Å². The van der Waals surface area contributed by atoms with E-state index in [0.717, 1.165) is 83.5 Å². The van der Waals surface area contributed by atoms with Crippen LogP contribution in [-0.2, 0) is 19.1 Å². The SMILES string of the molecule is [2H]C([2H])(OC(=O)CCCCCCC/C=C\C/C=C\CCCCC)C([2H])(Cl)C([2H])([2H])OC(=O)CCCCCCC/C=C\CCCCCCCC. The molecule has 0 spiro atoms. The van der Waals surface area contributed by atoms with Gasteiger partial charge in [0, 0.05) is 12.8 Å². The van der Waals surface area contributed by atoms with Crippen molar-refractivity contribution in [3.63, 3.8) is 0 Å². The summed E-state index contributed by atoms with van der Waals surface area (Å²) in [5, 5.41) is -3.19. The van der Waals surface area contributed by atoms with E-state index in [2.05, 4.69) is 50.3 Å². The molecule has 0 saturated heterocycles. The van der Waals surface area contributed by atoms with Crippen LogP contribution < -0.4 is 0 Å². The lowest BCUT2D eigenvalue weighted by atomic mass is 10.1. The Morgan fingerprint density at radius 2 is 0.864 bits per heavy atom. The monoisotopic (exact) mass is 642 g/mol. The van der Waals surface area contributed by atoms with Gasteiger partial charge in [-0.15, -0.1) is 11.6 Å². The summed E-state index contributed by atoms with van der Waals surface area (Å²) in [6.45, 7) is -2.01. The fourth-order valence-corrected chi connectivity index (χ4v) is 4.82. The number of hydrogen-bond donors (Lipinski definition) is 0. The van der Waals surface area contributed by atoms with Crippen LogP contribution in [0.3, 0.4) is 0 Å². The third kappa shape index (κ3) is 34.9. The third-order valence-electron chi connectivity index (χ3n) is 7.48. The van der Waals surface area contributed by atoms with Gasteiger partial charge in [-0.2, -0.15) is 0 Å². The molecule has 0 saturated carbocycles. The minimum Gasteiger partial charge on any atom is -0.464 e. The number of halogens is 1.